The molecule has 5 nitrogen and oxygen atoms in total. The summed E-state index contributed by atoms with van der Waals surface area (Å²) in [6, 6.07) is 8.56. The van der Waals surface area contributed by atoms with Gasteiger partial charge >= 0.3 is 0 Å². The lowest BCUT2D eigenvalue weighted by atomic mass is 9.78. The van der Waals surface area contributed by atoms with Crippen molar-refractivity contribution in [1.82, 2.24) is 9.80 Å². The van der Waals surface area contributed by atoms with Crippen molar-refractivity contribution in [3.05, 3.63) is 64.7 Å². The van der Waals surface area contributed by atoms with Gasteiger partial charge in [-0.25, -0.2) is 8.78 Å². The van der Waals surface area contributed by atoms with Crippen molar-refractivity contribution >= 4 is 11.8 Å². The van der Waals surface area contributed by atoms with Crippen LogP contribution >= 0.6 is 0 Å². The molecule has 1 spiro atoms. The third-order valence-corrected chi connectivity index (χ3v) is 6.21. The van der Waals surface area contributed by atoms with E-state index < -0.39 is 17.0 Å². The SMILES string of the molecule is Cc1ccc(O)c(C(=O)N2CC[C@]3(CCCN(Cc4ccc(F)c(F)c4)C3=O)C2)c1. The van der Waals surface area contributed by atoms with Crippen LogP contribution in [-0.4, -0.2) is 46.4 Å². The lowest BCUT2D eigenvalue weighted by molar-refractivity contribution is -0.146. The van der Waals surface area contributed by atoms with E-state index in [-0.39, 0.29) is 29.7 Å². The topological polar surface area (TPSA) is 60.9 Å². The van der Waals surface area contributed by atoms with Crippen LogP contribution in [0.2, 0.25) is 0 Å². The summed E-state index contributed by atoms with van der Waals surface area (Å²) in [5.74, 6) is -2.24. The average Bonchev–Trinajstić information content (AvgIpc) is 3.15. The highest BCUT2D eigenvalue weighted by molar-refractivity contribution is 5.98. The molecule has 4 rings (SSSR count). The van der Waals surface area contributed by atoms with Gasteiger partial charge < -0.3 is 14.9 Å². The summed E-state index contributed by atoms with van der Waals surface area (Å²) in [4.78, 5) is 29.6. The maximum Gasteiger partial charge on any atom is 0.257 e. The van der Waals surface area contributed by atoms with Gasteiger partial charge in [0.2, 0.25) is 5.91 Å². The molecule has 0 bridgehead atoms. The van der Waals surface area contributed by atoms with E-state index in [1.165, 1.54) is 12.1 Å². The number of aromatic hydroxyl groups is 1. The molecule has 7 heteroatoms. The zero-order valence-corrected chi connectivity index (χ0v) is 16.8. The van der Waals surface area contributed by atoms with E-state index in [1.807, 2.05) is 6.92 Å². The number of aryl methyl sites for hydroxylation is 1. The number of piperidine rings is 1. The molecule has 2 saturated heterocycles. The van der Waals surface area contributed by atoms with Crippen molar-refractivity contribution in [2.75, 3.05) is 19.6 Å². The van der Waals surface area contributed by atoms with Crippen LogP contribution in [0.15, 0.2) is 36.4 Å². The number of hydrogen-bond donors (Lipinski definition) is 1. The molecule has 2 aliphatic rings. The minimum atomic E-state index is -0.928. The Bertz CT molecular complexity index is 1010. The van der Waals surface area contributed by atoms with Gasteiger partial charge in [0.05, 0.1) is 11.0 Å². The lowest BCUT2D eigenvalue weighted by Gasteiger charge is -2.39. The number of carbonyl (C=O) groups excluding carboxylic acids is 2. The molecule has 1 atom stereocenters. The van der Waals surface area contributed by atoms with Crippen molar-refractivity contribution in [2.24, 2.45) is 5.41 Å². The Hall–Kier alpha value is -2.96. The maximum absolute atomic E-state index is 13.5. The summed E-state index contributed by atoms with van der Waals surface area (Å²) in [7, 11) is 0. The predicted octanol–water partition coefficient (Wildman–Crippen LogP) is 3.63. The number of nitrogens with zero attached hydrogens (tertiary/aromatic N) is 2. The molecule has 2 aliphatic heterocycles. The van der Waals surface area contributed by atoms with Crippen molar-refractivity contribution < 1.29 is 23.5 Å². The summed E-state index contributed by atoms with van der Waals surface area (Å²) >= 11 is 0. The fourth-order valence-electron chi connectivity index (χ4n) is 4.58. The summed E-state index contributed by atoms with van der Waals surface area (Å²) in [6.45, 7) is 3.35. The van der Waals surface area contributed by atoms with Gasteiger partial charge in [0.1, 0.15) is 5.75 Å². The van der Waals surface area contributed by atoms with Gasteiger partial charge in [-0.15, -0.1) is 0 Å². The Morgan fingerprint density at radius 3 is 2.67 bits per heavy atom. The number of carbonyl (C=O) groups is 2. The zero-order valence-electron chi connectivity index (χ0n) is 16.8. The van der Waals surface area contributed by atoms with E-state index in [0.29, 0.717) is 38.0 Å². The minimum absolute atomic E-state index is 0.0535. The molecule has 2 amide bonds. The van der Waals surface area contributed by atoms with E-state index in [1.54, 1.807) is 21.9 Å². The number of likely N-dealkylation sites (tertiary alicyclic amines) is 2. The van der Waals surface area contributed by atoms with Gasteiger partial charge in [-0.3, -0.25) is 9.59 Å². The average molecular weight is 414 g/mol. The molecule has 2 aromatic rings. The number of halogens is 2. The van der Waals surface area contributed by atoms with Crippen LogP contribution in [0.5, 0.6) is 5.75 Å². The van der Waals surface area contributed by atoms with Crippen LogP contribution in [0.3, 0.4) is 0 Å². The summed E-state index contributed by atoms with van der Waals surface area (Å²) < 4.78 is 26.7. The van der Waals surface area contributed by atoms with Crippen LogP contribution in [-0.2, 0) is 11.3 Å². The summed E-state index contributed by atoms with van der Waals surface area (Å²) in [5, 5.41) is 10.1. The number of phenols is 1. The van der Waals surface area contributed by atoms with Crippen molar-refractivity contribution in [2.45, 2.75) is 32.7 Å². The molecule has 2 heterocycles. The molecular weight excluding hydrogens is 390 g/mol. The van der Waals surface area contributed by atoms with E-state index >= 15 is 0 Å². The van der Waals surface area contributed by atoms with Crippen molar-refractivity contribution in [3.63, 3.8) is 0 Å². The monoisotopic (exact) mass is 414 g/mol. The normalized spacial score (nSPS) is 21.5. The van der Waals surface area contributed by atoms with E-state index in [9.17, 15) is 23.5 Å². The Labute approximate surface area is 173 Å². The third kappa shape index (κ3) is 3.64. The standard InChI is InChI=1S/C23H24F2N2O3/c1-15-3-6-20(28)17(11-15)21(29)27-10-8-23(14-27)7-2-9-26(22(23)30)13-16-4-5-18(24)19(25)12-16/h3-6,11-12,28H,2,7-10,13-14H2,1H3/t23-/m1/s1. The molecule has 0 aliphatic carbocycles. The summed E-state index contributed by atoms with van der Waals surface area (Å²) in [5.41, 5.74) is 0.992. The number of hydrogen-bond acceptors (Lipinski definition) is 3. The number of benzene rings is 2. The van der Waals surface area contributed by atoms with Gasteiger partial charge in [-0.05, 0) is 56.0 Å². The van der Waals surface area contributed by atoms with E-state index in [2.05, 4.69) is 0 Å². The summed E-state index contributed by atoms with van der Waals surface area (Å²) in [6.07, 6.45) is 2.02. The Kier molecular flexibility index (Phi) is 5.22. The van der Waals surface area contributed by atoms with Gasteiger partial charge in [-0.1, -0.05) is 17.7 Å². The van der Waals surface area contributed by atoms with Crippen molar-refractivity contribution in [1.29, 1.82) is 0 Å². The molecule has 0 radical (unpaired) electrons. The number of rotatable bonds is 3. The second-order valence-electron chi connectivity index (χ2n) is 8.36. The molecule has 2 fully saturated rings. The fraction of sp³-hybridized carbons (Fsp3) is 0.391. The maximum atomic E-state index is 13.5. The van der Waals surface area contributed by atoms with Crippen LogP contribution in [0.25, 0.3) is 0 Å². The van der Waals surface area contributed by atoms with Gasteiger partial charge in [-0.2, -0.15) is 0 Å². The first-order chi connectivity index (χ1) is 14.3. The van der Waals surface area contributed by atoms with Crippen LogP contribution in [0.1, 0.15) is 40.7 Å². The fourth-order valence-corrected chi connectivity index (χ4v) is 4.58. The second kappa shape index (κ2) is 7.70. The van der Waals surface area contributed by atoms with E-state index in [4.69, 9.17) is 0 Å². The number of amides is 2. The quantitative estimate of drug-likeness (QED) is 0.834. The Morgan fingerprint density at radius 2 is 1.90 bits per heavy atom. The first-order valence-electron chi connectivity index (χ1n) is 10.1. The smallest absolute Gasteiger partial charge is 0.257 e. The van der Waals surface area contributed by atoms with Crippen LogP contribution in [0, 0.1) is 24.0 Å². The largest absolute Gasteiger partial charge is 0.507 e. The molecule has 2 aromatic carbocycles. The minimum Gasteiger partial charge on any atom is -0.507 e. The molecular formula is C23H24F2N2O3. The molecule has 0 unspecified atom stereocenters. The second-order valence-corrected chi connectivity index (χ2v) is 8.36. The van der Waals surface area contributed by atoms with Gasteiger partial charge in [0.25, 0.3) is 5.91 Å². The Balaban J connectivity index is 1.50. The molecule has 1 N–H and O–H groups in total. The van der Waals surface area contributed by atoms with Crippen LogP contribution in [0.4, 0.5) is 8.78 Å². The molecule has 158 valence electrons. The van der Waals surface area contributed by atoms with E-state index in [0.717, 1.165) is 24.1 Å². The van der Waals surface area contributed by atoms with Crippen molar-refractivity contribution in [3.8, 4) is 5.75 Å². The molecule has 0 saturated carbocycles. The van der Waals surface area contributed by atoms with Gasteiger partial charge in [0.15, 0.2) is 11.6 Å². The zero-order chi connectivity index (χ0) is 21.5. The first-order valence-corrected chi connectivity index (χ1v) is 10.1. The highest BCUT2D eigenvalue weighted by atomic mass is 19.2. The first kappa shape index (κ1) is 20.3. The predicted molar refractivity (Wildman–Crippen MR) is 107 cm³/mol. The highest BCUT2D eigenvalue weighted by Crippen LogP contribution is 2.41. The lowest BCUT2D eigenvalue weighted by Crippen LogP contribution is -2.50. The molecule has 0 aromatic heterocycles. The Morgan fingerprint density at radius 1 is 1.10 bits per heavy atom. The highest BCUT2D eigenvalue weighted by Gasteiger charge is 2.49. The number of phenolic OH excluding ortho intramolecular Hbond substituents is 1. The van der Waals surface area contributed by atoms with Crippen LogP contribution < -0.4 is 0 Å². The van der Waals surface area contributed by atoms with Gasteiger partial charge in [0, 0.05) is 26.2 Å². The molecule has 30 heavy (non-hydrogen) atoms. The third-order valence-electron chi connectivity index (χ3n) is 6.21.